The van der Waals surface area contributed by atoms with Gasteiger partial charge in [-0.25, -0.2) is 0 Å². The van der Waals surface area contributed by atoms with Crippen molar-refractivity contribution in [3.05, 3.63) is 82.9 Å². The van der Waals surface area contributed by atoms with Gasteiger partial charge >= 0.3 is 0 Å². The van der Waals surface area contributed by atoms with Gasteiger partial charge < -0.3 is 13.9 Å². The summed E-state index contributed by atoms with van der Waals surface area (Å²) < 4.78 is 21.7. The van der Waals surface area contributed by atoms with Crippen LogP contribution in [-0.4, -0.2) is 32.4 Å². The standard InChI is InChI=1S/C39H54O4Si/c1-7-44(8-2,9-3)43-32-23-31-24-39-27-38(39,22-16-21-33(39)40)36(42-26-30-19-14-11-15-20-30)35(34(28(32)4)37(31,5)6)41-25-29-17-12-10-13-18-29/h10-15,17-20,31-32,35-36H,7-9,16,21-27H2,1-6H3/t31-,32+,35-,36+,38-,39+/m1/s1. The van der Waals surface area contributed by atoms with Gasteiger partial charge in [-0.1, -0.05) is 95.3 Å². The van der Waals surface area contributed by atoms with E-state index in [0.29, 0.717) is 31.3 Å². The van der Waals surface area contributed by atoms with E-state index in [4.69, 9.17) is 13.9 Å². The Bertz CT molecular complexity index is 1340. The molecular formula is C39H54O4Si. The van der Waals surface area contributed by atoms with Gasteiger partial charge in [0, 0.05) is 17.3 Å². The smallest absolute Gasteiger partial charge is 0.192 e. The molecule has 2 aromatic carbocycles. The molecule has 0 N–H and O–H groups in total. The Morgan fingerprint density at radius 1 is 0.864 bits per heavy atom. The monoisotopic (exact) mass is 614 g/mol. The van der Waals surface area contributed by atoms with Crippen molar-refractivity contribution in [3.63, 3.8) is 0 Å². The van der Waals surface area contributed by atoms with Crippen LogP contribution in [-0.2, 0) is 31.9 Å². The molecule has 0 spiro atoms. The number of carbonyl (C=O) groups excluding carboxylic acids is 1. The van der Waals surface area contributed by atoms with Crippen LogP contribution in [0.5, 0.6) is 0 Å². The zero-order valence-electron chi connectivity index (χ0n) is 28.0. The van der Waals surface area contributed by atoms with E-state index in [1.807, 2.05) is 0 Å². The minimum atomic E-state index is -1.87. The summed E-state index contributed by atoms with van der Waals surface area (Å²) in [7, 11) is -1.87. The lowest BCUT2D eigenvalue weighted by Crippen LogP contribution is -2.55. The molecule has 4 aliphatic carbocycles. The molecule has 238 valence electrons. The van der Waals surface area contributed by atoms with Gasteiger partial charge in [-0.15, -0.1) is 0 Å². The Hall–Kier alpha value is -2.05. The zero-order chi connectivity index (χ0) is 31.2. The van der Waals surface area contributed by atoms with Gasteiger partial charge in [-0.2, -0.15) is 0 Å². The predicted molar refractivity (Wildman–Crippen MR) is 180 cm³/mol. The highest BCUT2D eigenvalue weighted by Crippen LogP contribution is 2.77. The van der Waals surface area contributed by atoms with E-state index in [9.17, 15) is 4.79 Å². The predicted octanol–water partition coefficient (Wildman–Crippen LogP) is 9.44. The molecule has 0 unspecified atom stereocenters. The van der Waals surface area contributed by atoms with Crippen molar-refractivity contribution in [3.8, 4) is 0 Å². The Balaban J connectivity index is 1.49. The van der Waals surface area contributed by atoms with Crippen LogP contribution in [0.2, 0.25) is 18.1 Å². The molecule has 0 amide bonds. The van der Waals surface area contributed by atoms with E-state index in [1.54, 1.807) is 0 Å². The van der Waals surface area contributed by atoms with E-state index in [2.05, 4.69) is 102 Å². The van der Waals surface area contributed by atoms with Crippen molar-refractivity contribution < 1.29 is 18.7 Å². The number of benzene rings is 2. The van der Waals surface area contributed by atoms with E-state index < -0.39 is 8.32 Å². The van der Waals surface area contributed by atoms with Crippen LogP contribution in [0.4, 0.5) is 0 Å². The molecule has 6 atom stereocenters. The molecule has 0 aromatic heterocycles. The van der Waals surface area contributed by atoms with Crippen molar-refractivity contribution >= 4 is 14.1 Å². The minimum absolute atomic E-state index is 0.0773. The fourth-order valence-electron chi connectivity index (χ4n) is 9.71. The van der Waals surface area contributed by atoms with Crippen LogP contribution in [0.15, 0.2) is 71.8 Å². The molecule has 5 heteroatoms. The van der Waals surface area contributed by atoms with Gasteiger partial charge in [-0.05, 0) is 90.8 Å². The summed E-state index contributed by atoms with van der Waals surface area (Å²) in [5, 5.41) is 0. The van der Waals surface area contributed by atoms with E-state index in [0.717, 1.165) is 50.2 Å². The first-order valence-electron chi connectivity index (χ1n) is 17.4. The quantitative estimate of drug-likeness (QED) is 0.187. The number of hydrogen-bond donors (Lipinski definition) is 0. The lowest BCUT2D eigenvalue weighted by molar-refractivity contribution is -0.150. The molecule has 3 saturated carbocycles. The maximum atomic E-state index is 14.1. The Kier molecular flexibility index (Phi) is 8.91. The molecule has 2 aromatic rings. The highest BCUT2D eigenvalue weighted by atomic mass is 28.4. The third-order valence-electron chi connectivity index (χ3n) is 12.7. The number of ether oxygens (including phenoxy) is 2. The van der Waals surface area contributed by atoms with Crippen molar-refractivity contribution in [2.24, 2.45) is 22.2 Å². The maximum absolute atomic E-state index is 14.1. The third-order valence-corrected chi connectivity index (χ3v) is 17.3. The van der Waals surface area contributed by atoms with E-state index in [-0.39, 0.29) is 34.6 Å². The molecule has 4 aliphatic rings. The molecule has 6 rings (SSSR count). The second kappa shape index (κ2) is 12.3. The highest BCUT2D eigenvalue weighted by molar-refractivity contribution is 6.73. The lowest BCUT2D eigenvalue weighted by atomic mass is 9.55. The molecule has 4 nitrogen and oxygen atoms in total. The normalized spacial score (nSPS) is 32.8. The Morgan fingerprint density at radius 3 is 2.05 bits per heavy atom. The molecule has 44 heavy (non-hydrogen) atoms. The zero-order valence-corrected chi connectivity index (χ0v) is 29.0. The molecule has 0 aliphatic heterocycles. The van der Waals surface area contributed by atoms with Crippen LogP contribution < -0.4 is 0 Å². The lowest BCUT2D eigenvalue weighted by Gasteiger charge is -2.54. The molecule has 0 radical (unpaired) electrons. The fourth-order valence-corrected chi connectivity index (χ4v) is 12.6. The summed E-state index contributed by atoms with van der Waals surface area (Å²) in [4.78, 5) is 14.1. The van der Waals surface area contributed by atoms with Gasteiger partial charge in [0.1, 0.15) is 11.9 Å². The SMILES string of the molecule is CC[Si](CC)(CC)O[C@H]1C[C@@H]2C[C@@]34C[C@]3(CCCC4=O)[C@@H](OCc3ccccc3)[C@H](OCc3ccccc3)C(=C1C)C2(C)C. The summed E-state index contributed by atoms with van der Waals surface area (Å²) in [6.07, 6.45) is 5.23. The summed E-state index contributed by atoms with van der Waals surface area (Å²) in [6, 6.07) is 24.5. The number of hydrogen-bond acceptors (Lipinski definition) is 4. The number of Topliss-reactive ketones (excluding diaryl/α,β-unsaturated/α-hetero) is 1. The molecule has 3 fully saturated rings. The molecule has 0 saturated heterocycles. The first-order valence-corrected chi connectivity index (χ1v) is 19.9. The van der Waals surface area contributed by atoms with Crippen molar-refractivity contribution in [2.75, 3.05) is 0 Å². The summed E-state index contributed by atoms with van der Waals surface area (Å²) in [6.45, 7) is 15.2. The Labute approximate surface area is 267 Å². The van der Waals surface area contributed by atoms with E-state index >= 15 is 0 Å². The number of rotatable bonds is 11. The average molecular weight is 615 g/mol. The first kappa shape index (κ1) is 31.9. The minimum Gasteiger partial charge on any atom is -0.410 e. The molecule has 0 heterocycles. The van der Waals surface area contributed by atoms with Gasteiger partial charge in [0.25, 0.3) is 0 Å². The molecular weight excluding hydrogens is 561 g/mol. The van der Waals surface area contributed by atoms with Crippen LogP contribution in [0.1, 0.15) is 91.2 Å². The van der Waals surface area contributed by atoms with Gasteiger partial charge in [0.05, 0.1) is 25.4 Å². The average Bonchev–Trinajstić information content (AvgIpc) is 3.71. The molecule has 2 bridgehead atoms. The number of ketones is 1. The van der Waals surface area contributed by atoms with Crippen molar-refractivity contribution in [1.82, 2.24) is 0 Å². The second-order valence-electron chi connectivity index (χ2n) is 14.9. The largest absolute Gasteiger partial charge is 0.410 e. The van der Waals surface area contributed by atoms with Gasteiger partial charge in [-0.3, -0.25) is 4.79 Å². The van der Waals surface area contributed by atoms with Gasteiger partial charge in [0.2, 0.25) is 0 Å². The number of carbonyl (C=O) groups is 1. The highest BCUT2D eigenvalue weighted by Gasteiger charge is 2.78. The summed E-state index contributed by atoms with van der Waals surface area (Å²) >= 11 is 0. The van der Waals surface area contributed by atoms with Crippen LogP contribution in [0, 0.1) is 22.2 Å². The van der Waals surface area contributed by atoms with Gasteiger partial charge in [0.15, 0.2) is 8.32 Å². The van der Waals surface area contributed by atoms with Crippen molar-refractivity contribution in [1.29, 1.82) is 0 Å². The summed E-state index contributed by atoms with van der Waals surface area (Å²) in [5.41, 5.74) is 4.47. The Morgan fingerprint density at radius 2 is 1.45 bits per heavy atom. The first-order chi connectivity index (χ1) is 21.1. The second-order valence-corrected chi connectivity index (χ2v) is 19.7. The van der Waals surface area contributed by atoms with E-state index in [1.165, 1.54) is 22.3 Å². The van der Waals surface area contributed by atoms with Crippen LogP contribution in [0.3, 0.4) is 0 Å². The maximum Gasteiger partial charge on any atom is 0.192 e. The third kappa shape index (κ3) is 5.30. The van der Waals surface area contributed by atoms with Crippen LogP contribution in [0.25, 0.3) is 0 Å². The summed E-state index contributed by atoms with van der Waals surface area (Å²) in [5.74, 6) is 0.839. The fraction of sp³-hybridized carbons (Fsp3) is 0.615. The van der Waals surface area contributed by atoms with Crippen molar-refractivity contribution in [2.45, 2.75) is 130 Å². The topological polar surface area (TPSA) is 44.8 Å². The van der Waals surface area contributed by atoms with Crippen LogP contribution >= 0.6 is 0 Å². The number of fused-ring (bicyclic) bond motifs is 2.